The van der Waals surface area contributed by atoms with Crippen molar-refractivity contribution < 1.29 is 4.42 Å². The van der Waals surface area contributed by atoms with Crippen LogP contribution in [0.5, 0.6) is 0 Å². The lowest BCUT2D eigenvalue weighted by atomic mass is 10.1. The van der Waals surface area contributed by atoms with Crippen molar-refractivity contribution >= 4 is 75.3 Å². The first-order chi connectivity index (χ1) is 25.3. The number of hydrogen-bond acceptors (Lipinski definition) is 5. The lowest BCUT2D eigenvalue weighted by Gasteiger charge is -2.08. The second-order valence-electron chi connectivity index (χ2n) is 12.8. The molecule has 238 valence electrons. The van der Waals surface area contributed by atoms with Crippen LogP contribution in [0.25, 0.3) is 104 Å². The van der Waals surface area contributed by atoms with Gasteiger partial charge in [0.2, 0.25) is 0 Å². The maximum atomic E-state index is 6.84. The number of hydrogen-bond donors (Lipinski definition) is 0. The molecule has 0 saturated carbocycles. The molecule has 0 aliphatic heterocycles. The van der Waals surface area contributed by atoms with Crippen molar-refractivity contribution in [3.63, 3.8) is 0 Å². The fourth-order valence-electron chi connectivity index (χ4n) is 7.48. The molecule has 0 bridgehead atoms. The quantitative estimate of drug-likeness (QED) is 0.187. The minimum Gasteiger partial charge on any atom is -0.454 e. The van der Waals surface area contributed by atoms with Crippen LogP contribution in [-0.2, 0) is 0 Å². The highest BCUT2D eigenvalue weighted by Gasteiger charge is 2.20. The van der Waals surface area contributed by atoms with E-state index in [9.17, 15) is 0 Å². The predicted molar refractivity (Wildman–Crippen MR) is 211 cm³/mol. The normalized spacial score (nSPS) is 11.9. The highest BCUT2D eigenvalue weighted by Crippen LogP contribution is 2.42. The van der Waals surface area contributed by atoms with Crippen molar-refractivity contribution in [1.29, 1.82) is 0 Å². The van der Waals surface area contributed by atoms with Gasteiger partial charge in [0, 0.05) is 58.4 Å². The zero-order chi connectivity index (χ0) is 33.5. The fourth-order valence-corrected chi connectivity index (χ4v) is 8.60. The van der Waals surface area contributed by atoms with Crippen LogP contribution < -0.4 is 0 Å². The molecule has 11 aromatic rings. The van der Waals surface area contributed by atoms with Crippen LogP contribution >= 0.6 is 11.3 Å². The van der Waals surface area contributed by atoms with E-state index < -0.39 is 0 Å². The zero-order valence-electron chi connectivity index (χ0n) is 27.1. The van der Waals surface area contributed by atoms with Crippen molar-refractivity contribution in [3.05, 3.63) is 158 Å². The Kier molecular flexibility index (Phi) is 6.05. The van der Waals surface area contributed by atoms with Crippen LogP contribution in [-0.4, -0.2) is 19.5 Å². The molecule has 0 atom stereocenters. The summed E-state index contributed by atoms with van der Waals surface area (Å²) in [5, 5.41) is 7.16. The largest absolute Gasteiger partial charge is 0.454 e. The van der Waals surface area contributed by atoms with E-state index in [0.717, 1.165) is 55.3 Å². The Bertz CT molecular complexity index is 3080. The molecule has 7 aromatic carbocycles. The van der Waals surface area contributed by atoms with E-state index in [-0.39, 0.29) is 0 Å². The van der Waals surface area contributed by atoms with Gasteiger partial charge >= 0.3 is 0 Å². The van der Waals surface area contributed by atoms with Gasteiger partial charge in [-0.3, -0.25) is 0 Å². The number of thiophene rings is 1. The molecule has 6 heteroatoms. The summed E-state index contributed by atoms with van der Waals surface area (Å²) in [5.41, 5.74) is 7.68. The van der Waals surface area contributed by atoms with E-state index in [1.54, 1.807) is 0 Å². The molecule has 4 heterocycles. The Morgan fingerprint density at radius 3 is 1.82 bits per heavy atom. The summed E-state index contributed by atoms with van der Waals surface area (Å²) in [6.45, 7) is 0. The summed E-state index contributed by atoms with van der Waals surface area (Å²) in [6, 6.07) is 54.9. The second-order valence-corrected chi connectivity index (χ2v) is 13.9. The summed E-state index contributed by atoms with van der Waals surface area (Å²) in [7, 11) is 0. The summed E-state index contributed by atoms with van der Waals surface area (Å²) < 4.78 is 11.8. The molecule has 0 aliphatic rings. The molecule has 0 saturated heterocycles. The predicted octanol–water partition coefficient (Wildman–Crippen LogP) is 12.2. The van der Waals surface area contributed by atoms with E-state index >= 15 is 0 Å². The molecule has 0 amide bonds. The number of furan rings is 1. The first-order valence-electron chi connectivity index (χ1n) is 16.9. The molecule has 5 nitrogen and oxygen atoms in total. The molecule has 4 aromatic heterocycles. The van der Waals surface area contributed by atoms with Crippen molar-refractivity contribution in [2.45, 2.75) is 0 Å². The van der Waals surface area contributed by atoms with Gasteiger partial charge in [0.15, 0.2) is 23.1 Å². The number of para-hydroxylation sites is 2. The molecule has 0 N–H and O–H groups in total. The van der Waals surface area contributed by atoms with E-state index in [4.69, 9.17) is 19.4 Å². The Hall–Kier alpha value is -6.63. The SMILES string of the molecule is c1ccc(-c2nc(-c3ccccc3)nc(-c3ccc4c(c3)oc3c(-n5c6ccccc6c6cc7c(cc65)sc5ccccc57)cccc34)n2)cc1. The maximum absolute atomic E-state index is 6.84. The van der Waals surface area contributed by atoms with Gasteiger partial charge in [0.1, 0.15) is 5.58 Å². The van der Waals surface area contributed by atoms with Gasteiger partial charge in [-0.25, -0.2) is 15.0 Å². The van der Waals surface area contributed by atoms with E-state index in [0.29, 0.717) is 17.5 Å². The van der Waals surface area contributed by atoms with Crippen molar-refractivity contribution in [2.75, 3.05) is 0 Å². The summed E-state index contributed by atoms with van der Waals surface area (Å²) in [4.78, 5) is 14.8. The van der Waals surface area contributed by atoms with Gasteiger partial charge < -0.3 is 8.98 Å². The van der Waals surface area contributed by atoms with Crippen LogP contribution in [0.15, 0.2) is 162 Å². The first kappa shape index (κ1) is 28.2. The average molecular weight is 671 g/mol. The third kappa shape index (κ3) is 4.37. The molecule has 0 fully saturated rings. The first-order valence-corrected chi connectivity index (χ1v) is 17.8. The van der Waals surface area contributed by atoms with Crippen LogP contribution in [0.1, 0.15) is 0 Å². The second kappa shape index (κ2) is 10.9. The maximum Gasteiger partial charge on any atom is 0.164 e. The number of rotatable bonds is 4. The standard InChI is InChI=1S/C45H26N4OS/c1-3-12-27(13-4-1)43-46-44(28-14-5-2-6-15-28)48-45(47-43)29-22-23-31-33-18-11-20-37(42(33)50-39(31)24-29)49-36-19-9-7-16-30(36)34-25-35-32-17-8-10-21-40(32)51-41(35)26-38(34)49/h1-26H. The van der Waals surface area contributed by atoms with Crippen LogP contribution in [0.3, 0.4) is 0 Å². The molecule has 51 heavy (non-hydrogen) atoms. The summed E-state index contributed by atoms with van der Waals surface area (Å²) in [5.74, 6) is 1.86. The van der Waals surface area contributed by atoms with Crippen LogP contribution in [0, 0.1) is 0 Å². The van der Waals surface area contributed by atoms with Gasteiger partial charge in [-0.05, 0) is 42.5 Å². The third-order valence-corrected chi connectivity index (χ3v) is 11.0. The van der Waals surface area contributed by atoms with Gasteiger partial charge in [0.25, 0.3) is 0 Å². The van der Waals surface area contributed by atoms with Gasteiger partial charge in [-0.2, -0.15) is 0 Å². The number of fused-ring (bicyclic) bond motifs is 9. The minimum atomic E-state index is 0.597. The molecule has 0 aliphatic carbocycles. The van der Waals surface area contributed by atoms with E-state index in [1.165, 1.54) is 30.9 Å². The fraction of sp³-hybridized carbons (Fsp3) is 0. The highest BCUT2D eigenvalue weighted by molar-refractivity contribution is 7.25. The van der Waals surface area contributed by atoms with Crippen LogP contribution in [0.4, 0.5) is 0 Å². The Morgan fingerprint density at radius 2 is 1.06 bits per heavy atom. The number of nitrogens with zero attached hydrogens (tertiary/aromatic N) is 4. The highest BCUT2D eigenvalue weighted by atomic mass is 32.1. The van der Waals surface area contributed by atoms with Gasteiger partial charge in [0.05, 0.1) is 16.7 Å². The summed E-state index contributed by atoms with van der Waals surface area (Å²) in [6.07, 6.45) is 0. The molecule has 11 rings (SSSR count). The molecular weight excluding hydrogens is 645 g/mol. The summed E-state index contributed by atoms with van der Waals surface area (Å²) >= 11 is 1.84. The lowest BCUT2D eigenvalue weighted by Crippen LogP contribution is -2.00. The van der Waals surface area contributed by atoms with E-state index in [2.05, 4.69) is 102 Å². The average Bonchev–Trinajstić information content (AvgIpc) is 3.86. The molecule has 0 radical (unpaired) electrons. The van der Waals surface area contributed by atoms with Crippen molar-refractivity contribution in [2.24, 2.45) is 0 Å². The topological polar surface area (TPSA) is 56.7 Å². The zero-order valence-corrected chi connectivity index (χ0v) is 27.9. The van der Waals surface area contributed by atoms with Crippen molar-refractivity contribution in [1.82, 2.24) is 19.5 Å². The number of aromatic nitrogens is 4. The Balaban J connectivity index is 1.12. The van der Waals surface area contributed by atoms with Crippen LogP contribution in [0.2, 0.25) is 0 Å². The van der Waals surface area contributed by atoms with Gasteiger partial charge in [-0.1, -0.05) is 115 Å². The minimum absolute atomic E-state index is 0.597. The Morgan fingerprint density at radius 1 is 0.412 bits per heavy atom. The van der Waals surface area contributed by atoms with E-state index in [1.807, 2.05) is 72.0 Å². The van der Waals surface area contributed by atoms with Crippen molar-refractivity contribution in [3.8, 4) is 39.9 Å². The smallest absolute Gasteiger partial charge is 0.164 e. The monoisotopic (exact) mass is 670 g/mol. The number of benzene rings is 7. The Labute approximate surface area is 295 Å². The molecular formula is C45H26N4OS. The molecule has 0 unspecified atom stereocenters. The third-order valence-electron chi connectivity index (χ3n) is 9.85. The van der Waals surface area contributed by atoms with Gasteiger partial charge in [-0.15, -0.1) is 11.3 Å². The molecule has 0 spiro atoms. The lowest BCUT2D eigenvalue weighted by molar-refractivity contribution is 0.666.